The Kier molecular flexibility index (Phi) is 5.78. The van der Waals surface area contributed by atoms with E-state index in [1.54, 1.807) is 0 Å². The monoisotopic (exact) mass is 438 g/mol. The molecule has 0 radical (unpaired) electrons. The molecule has 2 aliphatic rings. The van der Waals surface area contributed by atoms with E-state index in [-0.39, 0.29) is 5.41 Å². The van der Waals surface area contributed by atoms with Crippen molar-refractivity contribution in [3.05, 3.63) is 71.6 Å². The average molecular weight is 439 g/mol. The third-order valence-electron chi connectivity index (χ3n) is 8.01. The Labute approximate surface area is 197 Å². The standard InChI is InChI=1S/C31H34O2/c1-5-8-25-22(3)11-13-27-29(25)30-26-10-7-6-9-23(26)12-14-28(30)33-20-24(19-32-27)31(4)17-15-21(2)16-18-31/h5-14,21,24H,1,3,15-20H2,2,4H3/b25-8+/t21?,24-,31?/m1/s1. The summed E-state index contributed by atoms with van der Waals surface area (Å²) in [5, 5.41) is 4.36. The molecular formula is C31H34O2. The summed E-state index contributed by atoms with van der Waals surface area (Å²) >= 11 is 0. The molecule has 1 aliphatic heterocycles. The summed E-state index contributed by atoms with van der Waals surface area (Å²) in [6.45, 7) is 14.4. The molecule has 3 aromatic rings. The van der Waals surface area contributed by atoms with Crippen LogP contribution in [0.25, 0.3) is 34.6 Å². The zero-order chi connectivity index (χ0) is 23.0. The molecule has 0 unspecified atom stereocenters. The molecule has 33 heavy (non-hydrogen) atoms. The fourth-order valence-electron chi connectivity index (χ4n) is 5.62. The van der Waals surface area contributed by atoms with Crippen LogP contribution in [0.15, 0.2) is 61.2 Å². The quantitative estimate of drug-likeness (QED) is 0.455. The van der Waals surface area contributed by atoms with Gasteiger partial charge in [0.1, 0.15) is 11.5 Å². The number of ether oxygens (including phenoxy) is 2. The van der Waals surface area contributed by atoms with Crippen molar-refractivity contribution < 1.29 is 9.47 Å². The first kappa shape index (κ1) is 21.8. The highest BCUT2D eigenvalue weighted by Gasteiger charge is 2.39. The van der Waals surface area contributed by atoms with Gasteiger partial charge in [-0.2, -0.15) is 0 Å². The fourth-order valence-corrected chi connectivity index (χ4v) is 5.62. The highest BCUT2D eigenvalue weighted by molar-refractivity contribution is 6.01. The van der Waals surface area contributed by atoms with E-state index in [0.29, 0.717) is 19.1 Å². The second kappa shape index (κ2) is 8.74. The summed E-state index contributed by atoms with van der Waals surface area (Å²) in [6.07, 6.45) is 8.90. The number of fused-ring (bicyclic) bond motifs is 5. The first-order chi connectivity index (χ1) is 16.0. The number of allylic oxidation sites excluding steroid dienone is 1. The van der Waals surface area contributed by atoms with E-state index in [0.717, 1.165) is 39.0 Å². The summed E-state index contributed by atoms with van der Waals surface area (Å²) in [4.78, 5) is 0. The molecule has 0 aromatic heterocycles. The zero-order valence-corrected chi connectivity index (χ0v) is 19.9. The summed E-state index contributed by atoms with van der Waals surface area (Å²) in [6, 6.07) is 16.9. The molecule has 3 aromatic carbocycles. The third-order valence-corrected chi connectivity index (χ3v) is 8.01. The summed E-state index contributed by atoms with van der Waals surface area (Å²) in [5.74, 6) is 2.97. The number of benzene rings is 3. The van der Waals surface area contributed by atoms with Crippen molar-refractivity contribution >= 4 is 23.4 Å². The minimum Gasteiger partial charge on any atom is -0.492 e. The lowest BCUT2D eigenvalue weighted by molar-refractivity contribution is 0.0302. The summed E-state index contributed by atoms with van der Waals surface area (Å²) < 4.78 is 13.3. The largest absolute Gasteiger partial charge is 0.492 e. The van der Waals surface area contributed by atoms with Crippen molar-refractivity contribution in [1.82, 2.24) is 0 Å². The predicted octanol–water partition coefficient (Wildman–Crippen LogP) is 6.49. The van der Waals surface area contributed by atoms with Crippen LogP contribution >= 0.6 is 0 Å². The third kappa shape index (κ3) is 3.97. The minimum atomic E-state index is 0.232. The van der Waals surface area contributed by atoms with Gasteiger partial charge < -0.3 is 9.47 Å². The first-order valence-electron chi connectivity index (χ1n) is 12.2. The van der Waals surface area contributed by atoms with Gasteiger partial charge in [0.15, 0.2) is 0 Å². The Morgan fingerprint density at radius 2 is 1.58 bits per heavy atom. The van der Waals surface area contributed by atoms with Crippen molar-refractivity contribution in [1.29, 1.82) is 0 Å². The van der Waals surface area contributed by atoms with E-state index >= 15 is 0 Å². The second-order valence-electron chi connectivity index (χ2n) is 10.2. The lowest BCUT2D eigenvalue weighted by atomic mass is 9.65. The van der Waals surface area contributed by atoms with E-state index in [9.17, 15) is 0 Å². The topological polar surface area (TPSA) is 18.5 Å². The molecule has 0 amide bonds. The van der Waals surface area contributed by atoms with Crippen molar-refractivity contribution in [3.63, 3.8) is 0 Å². The van der Waals surface area contributed by atoms with Crippen molar-refractivity contribution in [2.45, 2.75) is 39.5 Å². The van der Waals surface area contributed by atoms with Gasteiger partial charge in [-0.3, -0.25) is 0 Å². The van der Waals surface area contributed by atoms with Gasteiger partial charge in [0.25, 0.3) is 0 Å². The zero-order valence-electron chi connectivity index (χ0n) is 19.9. The normalized spacial score (nSPS) is 25.6. The Bertz CT molecular complexity index is 1290. The van der Waals surface area contributed by atoms with Crippen LogP contribution in [0, 0.1) is 17.3 Å². The fraction of sp³-hybridized carbons (Fsp3) is 0.355. The van der Waals surface area contributed by atoms with Crippen LogP contribution in [-0.2, 0) is 0 Å². The maximum atomic E-state index is 6.66. The van der Waals surface area contributed by atoms with E-state index in [1.165, 1.54) is 36.5 Å². The van der Waals surface area contributed by atoms with Crippen molar-refractivity contribution in [2.75, 3.05) is 13.2 Å². The summed E-state index contributed by atoms with van der Waals surface area (Å²) in [7, 11) is 0. The van der Waals surface area contributed by atoms with Crippen LogP contribution in [0.2, 0.25) is 0 Å². The molecule has 1 fully saturated rings. The van der Waals surface area contributed by atoms with Gasteiger partial charge in [0, 0.05) is 17.0 Å². The van der Waals surface area contributed by atoms with Crippen LogP contribution in [-0.4, -0.2) is 13.2 Å². The molecule has 1 saturated carbocycles. The lowest BCUT2D eigenvalue weighted by Crippen LogP contribution is -2.38. The highest BCUT2D eigenvalue weighted by Crippen LogP contribution is 2.46. The molecule has 1 atom stereocenters. The smallest absolute Gasteiger partial charge is 0.127 e. The van der Waals surface area contributed by atoms with Gasteiger partial charge in [-0.1, -0.05) is 88.4 Å². The minimum absolute atomic E-state index is 0.232. The molecule has 0 bridgehead atoms. The van der Waals surface area contributed by atoms with Crippen LogP contribution in [0.4, 0.5) is 0 Å². The summed E-state index contributed by atoms with van der Waals surface area (Å²) in [5.41, 5.74) is 2.37. The number of hydrogen-bond acceptors (Lipinski definition) is 2. The molecular weight excluding hydrogens is 404 g/mol. The van der Waals surface area contributed by atoms with Gasteiger partial charge in [0.05, 0.1) is 13.2 Å². The first-order valence-corrected chi connectivity index (χ1v) is 12.2. The second-order valence-corrected chi connectivity index (χ2v) is 10.2. The van der Waals surface area contributed by atoms with Crippen LogP contribution in [0.1, 0.15) is 39.5 Å². The van der Waals surface area contributed by atoms with Crippen LogP contribution < -0.4 is 19.9 Å². The number of rotatable bonds is 2. The highest BCUT2D eigenvalue weighted by atomic mass is 16.5. The number of hydrogen-bond donors (Lipinski definition) is 0. The molecule has 170 valence electrons. The molecule has 0 N–H and O–H groups in total. The van der Waals surface area contributed by atoms with Gasteiger partial charge in [0.2, 0.25) is 0 Å². The molecule has 0 spiro atoms. The van der Waals surface area contributed by atoms with Crippen LogP contribution in [0.5, 0.6) is 11.5 Å². The Hall–Kier alpha value is -3.00. The SMILES string of the molecule is C=C/C=c1/c2c(ccc1=C)OC[C@@H](C1(C)CCC(C)CC1)COc1ccc3ccccc3c1-2. The molecule has 2 nitrogen and oxygen atoms in total. The molecule has 0 saturated heterocycles. The van der Waals surface area contributed by atoms with Gasteiger partial charge in [-0.25, -0.2) is 0 Å². The van der Waals surface area contributed by atoms with Gasteiger partial charge >= 0.3 is 0 Å². The molecule has 5 rings (SSSR count). The van der Waals surface area contributed by atoms with Crippen molar-refractivity contribution in [2.24, 2.45) is 17.3 Å². The maximum absolute atomic E-state index is 6.66. The predicted molar refractivity (Wildman–Crippen MR) is 139 cm³/mol. The average Bonchev–Trinajstić information content (AvgIpc) is 2.91. The Balaban J connectivity index is 1.72. The Morgan fingerprint density at radius 1 is 0.909 bits per heavy atom. The van der Waals surface area contributed by atoms with E-state index < -0.39 is 0 Å². The van der Waals surface area contributed by atoms with E-state index in [4.69, 9.17) is 9.47 Å². The molecule has 2 heteroatoms. The molecule has 1 heterocycles. The van der Waals surface area contributed by atoms with Crippen LogP contribution in [0.3, 0.4) is 0 Å². The molecule has 1 aliphatic carbocycles. The van der Waals surface area contributed by atoms with E-state index in [1.807, 2.05) is 12.2 Å². The van der Waals surface area contributed by atoms with Crippen molar-refractivity contribution in [3.8, 4) is 22.6 Å². The maximum Gasteiger partial charge on any atom is 0.127 e. The lowest BCUT2D eigenvalue weighted by Gasteiger charge is -2.42. The Morgan fingerprint density at radius 3 is 2.30 bits per heavy atom. The van der Waals surface area contributed by atoms with Gasteiger partial charge in [-0.05, 0) is 57.5 Å². The van der Waals surface area contributed by atoms with Gasteiger partial charge in [-0.15, -0.1) is 0 Å². The van der Waals surface area contributed by atoms with E-state index in [2.05, 4.69) is 75.5 Å².